The van der Waals surface area contributed by atoms with Gasteiger partial charge in [0.05, 0.1) is 12.7 Å². The van der Waals surface area contributed by atoms with E-state index in [1.807, 2.05) is 0 Å². The molecule has 0 fully saturated rings. The highest BCUT2D eigenvalue weighted by atomic mass is 19.4. The largest absolute Gasteiger partial charge is 0.423 e. The fourth-order valence-electron chi connectivity index (χ4n) is 1.23. The van der Waals surface area contributed by atoms with Crippen LogP contribution in [0.1, 0.15) is 13.8 Å². The second kappa shape index (κ2) is 7.30. The zero-order valence-electron chi connectivity index (χ0n) is 10.7. The first-order chi connectivity index (χ1) is 8.48. The lowest BCUT2D eigenvalue weighted by atomic mass is 10.3. The highest BCUT2D eigenvalue weighted by molar-refractivity contribution is 4.79. The maximum absolute atomic E-state index is 12.3. The molecule has 19 heavy (non-hydrogen) atoms. The molecule has 0 aromatic rings. The Morgan fingerprint density at radius 2 is 1.47 bits per heavy atom. The molecule has 0 rings (SSSR count). The fraction of sp³-hybridized carbons (Fsp3) is 1.00. The van der Waals surface area contributed by atoms with Gasteiger partial charge in [0.1, 0.15) is 0 Å². The van der Waals surface area contributed by atoms with Crippen LogP contribution in [-0.4, -0.2) is 50.9 Å². The molecule has 0 aromatic carbocycles. The van der Waals surface area contributed by atoms with Crippen molar-refractivity contribution in [3.63, 3.8) is 0 Å². The molecule has 0 aliphatic carbocycles. The molecular formula is C10H17F6NO2. The van der Waals surface area contributed by atoms with Gasteiger partial charge in [-0.2, -0.15) is 26.3 Å². The van der Waals surface area contributed by atoms with E-state index in [4.69, 9.17) is 0 Å². The van der Waals surface area contributed by atoms with Crippen LogP contribution in [0.5, 0.6) is 0 Å². The summed E-state index contributed by atoms with van der Waals surface area (Å²) in [6.07, 6.45) is -16.2. The molecule has 3 nitrogen and oxygen atoms in total. The summed E-state index contributed by atoms with van der Waals surface area (Å²) in [7, 11) is 1.17. The first kappa shape index (κ1) is 18.5. The summed E-state index contributed by atoms with van der Waals surface area (Å²) in [5, 5.41) is 2.70. The third kappa shape index (κ3) is 7.58. The molecule has 0 aliphatic rings. The van der Waals surface area contributed by atoms with Gasteiger partial charge in [0.25, 0.3) is 0 Å². The summed E-state index contributed by atoms with van der Waals surface area (Å²) in [4.78, 5) is 0. The van der Waals surface area contributed by atoms with E-state index < -0.39 is 24.6 Å². The van der Waals surface area contributed by atoms with Crippen LogP contribution in [0.25, 0.3) is 0 Å². The predicted octanol–water partition coefficient (Wildman–Crippen LogP) is 2.51. The van der Waals surface area contributed by atoms with Crippen LogP contribution in [0.15, 0.2) is 0 Å². The third-order valence-electron chi connectivity index (χ3n) is 2.03. The minimum atomic E-state index is -5.51. The number of alkyl halides is 6. The Balaban J connectivity index is 4.75. The maximum atomic E-state index is 12.3. The Morgan fingerprint density at radius 1 is 1.00 bits per heavy atom. The Hall–Kier alpha value is -0.540. The Morgan fingerprint density at radius 3 is 1.79 bits per heavy atom. The fourth-order valence-corrected chi connectivity index (χ4v) is 1.23. The molecule has 0 saturated heterocycles. The van der Waals surface area contributed by atoms with E-state index in [1.54, 1.807) is 13.8 Å². The highest BCUT2D eigenvalue weighted by Crippen LogP contribution is 2.36. The van der Waals surface area contributed by atoms with Gasteiger partial charge in [0.2, 0.25) is 6.10 Å². The van der Waals surface area contributed by atoms with Gasteiger partial charge >= 0.3 is 12.4 Å². The van der Waals surface area contributed by atoms with Crippen molar-refractivity contribution in [1.82, 2.24) is 5.32 Å². The van der Waals surface area contributed by atoms with Gasteiger partial charge in [-0.05, 0) is 0 Å². The molecule has 0 radical (unpaired) electrons. The van der Waals surface area contributed by atoms with Crippen molar-refractivity contribution in [2.24, 2.45) is 0 Å². The summed E-state index contributed by atoms with van der Waals surface area (Å²) < 4.78 is 82.6. The zero-order chi connectivity index (χ0) is 15.3. The van der Waals surface area contributed by atoms with Crippen LogP contribution in [0, 0.1) is 0 Å². The Kier molecular flexibility index (Phi) is 7.09. The summed E-state index contributed by atoms with van der Waals surface area (Å²) in [6.45, 7) is 2.86. The first-order valence-electron chi connectivity index (χ1n) is 5.49. The lowest BCUT2D eigenvalue weighted by molar-refractivity contribution is -0.332. The highest BCUT2D eigenvalue weighted by Gasteiger charge is 2.58. The van der Waals surface area contributed by atoms with Gasteiger partial charge in [-0.15, -0.1) is 0 Å². The van der Waals surface area contributed by atoms with Gasteiger partial charge in [-0.25, -0.2) is 0 Å². The van der Waals surface area contributed by atoms with Crippen molar-refractivity contribution in [2.45, 2.75) is 44.4 Å². The maximum Gasteiger partial charge on any atom is 0.423 e. The zero-order valence-corrected chi connectivity index (χ0v) is 10.7. The number of ether oxygens (including phenoxy) is 2. The molecule has 1 atom stereocenters. The molecule has 1 N–H and O–H groups in total. The minimum Gasteiger partial charge on any atom is -0.382 e. The number of nitrogens with one attached hydrogen (secondary N) is 1. The normalized spacial score (nSPS) is 15.3. The summed E-state index contributed by atoms with van der Waals surface area (Å²) >= 11 is 0. The van der Waals surface area contributed by atoms with E-state index in [0.29, 0.717) is 0 Å². The molecule has 0 aliphatic heterocycles. The van der Waals surface area contributed by atoms with Crippen LogP contribution in [0.3, 0.4) is 0 Å². The summed E-state index contributed by atoms with van der Waals surface area (Å²) in [5.41, 5.74) is 0. The molecule has 9 heteroatoms. The average molecular weight is 297 g/mol. The number of halogens is 6. The Labute approximate surface area is 107 Å². The van der Waals surface area contributed by atoms with Crippen molar-refractivity contribution in [2.75, 3.05) is 20.3 Å². The van der Waals surface area contributed by atoms with Crippen molar-refractivity contribution in [3.8, 4) is 0 Å². The minimum absolute atomic E-state index is 0.0989. The Bertz CT molecular complexity index is 239. The smallest absolute Gasteiger partial charge is 0.382 e. The van der Waals surface area contributed by atoms with Crippen LogP contribution in [0.4, 0.5) is 26.3 Å². The van der Waals surface area contributed by atoms with Gasteiger partial charge in [0.15, 0.2) is 0 Å². The quantitative estimate of drug-likeness (QED) is 0.732. The third-order valence-corrected chi connectivity index (χ3v) is 2.03. The van der Waals surface area contributed by atoms with E-state index >= 15 is 0 Å². The van der Waals surface area contributed by atoms with Crippen molar-refractivity contribution in [1.29, 1.82) is 0 Å². The lowest BCUT2D eigenvalue weighted by Gasteiger charge is -2.28. The molecular weight excluding hydrogens is 280 g/mol. The van der Waals surface area contributed by atoms with Crippen molar-refractivity contribution >= 4 is 0 Å². The van der Waals surface area contributed by atoms with E-state index in [0.717, 1.165) is 0 Å². The average Bonchev–Trinajstić information content (AvgIpc) is 2.18. The van der Waals surface area contributed by atoms with E-state index in [2.05, 4.69) is 14.8 Å². The van der Waals surface area contributed by atoms with Crippen molar-refractivity contribution < 1.29 is 35.8 Å². The molecule has 0 saturated carbocycles. The molecule has 0 aromatic heterocycles. The van der Waals surface area contributed by atoms with Gasteiger partial charge in [-0.1, -0.05) is 13.8 Å². The molecule has 0 amide bonds. The van der Waals surface area contributed by atoms with Crippen molar-refractivity contribution in [3.05, 3.63) is 0 Å². The topological polar surface area (TPSA) is 30.5 Å². The molecule has 1 unspecified atom stereocenters. The monoisotopic (exact) mass is 297 g/mol. The number of hydrogen-bond acceptors (Lipinski definition) is 3. The van der Waals surface area contributed by atoms with Gasteiger partial charge in [0, 0.05) is 19.7 Å². The van der Waals surface area contributed by atoms with Gasteiger partial charge < -0.3 is 14.8 Å². The number of methoxy groups -OCH3 is 1. The molecule has 0 bridgehead atoms. The van der Waals surface area contributed by atoms with Gasteiger partial charge in [-0.3, -0.25) is 0 Å². The SMILES string of the molecule is COCC(CNC(C)C)OC(C(F)(F)F)C(F)(F)F. The molecule has 0 spiro atoms. The standard InChI is InChI=1S/C10H17F6NO2/c1-6(2)17-4-7(5-18-3)19-8(9(11,12)13)10(14,15)16/h6-8,17H,4-5H2,1-3H3. The van der Waals surface area contributed by atoms with Crippen LogP contribution in [-0.2, 0) is 9.47 Å². The number of rotatable bonds is 7. The molecule has 0 heterocycles. The second-order valence-electron chi connectivity index (χ2n) is 4.24. The molecule has 116 valence electrons. The first-order valence-corrected chi connectivity index (χ1v) is 5.49. The van der Waals surface area contributed by atoms with E-state index in [-0.39, 0.29) is 19.2 Å². The van der Waals surface area contributed by atoms with Crippen LogP contribution < -0.4 is 5.32 Å². The van der Waals surface area contributed by atoms with E-state index in [9.17, 15) is 26.3 Å². The number of hydrogen-bond donors (Lipinski definition) is 1. The summed E-state index contributed by atoms with van der Waals surface area (Å²) in [6, 6.07) is -0.0989. The lowest BCUT2D eigenvalue weighted by Crippen LogP contribution is -2.49. The van der Waals surface area contributed by atoms with Crippen LogP contribution >= 0.6 is 0 Å². The van der Waals surface area contributed by atoms with Crippen LogP contribution in [0.2, 0.25) is 0 Å². The van der Waals surface area contributed by atoms with E-state index in [1.165, 1.54) is 7.11 Å². The second-order valence-corrected chi connectivity index (χ2v) is 4.24. The summed E-state index contributed by atoms with van der Waals surface area (Å²) in [5.74, 6) is 0. The predicted molar refractivity (Wildman–Crippen MR) is 55.8 cm³/mol.